The van der Waals surface area contributed by atoms with Gasteiger partial charge in [0.25, 0.3) is 0 Å². The summed E-state index contributed by atoms with van der Waals surface area (Å²) in [5, 5.41) is 0. The number of allylic oxidation sites excluding steroid dienone is 3. The summed E-state index contributed by atoms with van der Waals surface area (Å²) in [6.07, 6.45) is 8.21. The van der Waals surface area contributed by atoms with Gasteiger partial charge < -0.3 is 4.74 Å². The highest BCUT2D eigenvalue weighted by molar-refractivity contribution is 6.17. The molecule has 3 nitrogen and oxygen atoms in total. The fraction of sp³-hybridized carbons (Fsp3) is 0.682. The van der Waals surface area contributed by atoms with Crippen LogP contribution in [0.3, 0.4) is 0 Å². The van der Waals surface area contributed by atoms with Gasteiger partial charge in [-0.3, -0.25) is 9.89 Å². The number of ether oxygens (including phenoxy) is 1. The summed E-state index contributed by atoms with van der Waals surface area (Å²) < 4.78 is 5.76. The molecule has 0 unspecified atom stereocenters. The third kappa shape index (κ3) is 4.63. The Bertz CT molecular complexity index is 606. The summed E-state index contributed by atoms with van der Waals surface area (Å²) in [5.41, 5.74) is 5.40. The molecule has 3 heteroatoms. The molecule has 2 aliphatic rings. The molecule has 0 aromatic carbocycles. The van der Waals surface area contributed by atoms with Crippen LogP contribution in [0.4, 0.5) is 0 Å². The minimum atomic E-state index is 0.389. The Labute approximate surface area is 154 Å². The largest absolute Gasteiger partial charge is 0.496 e. The summed E-state index contributed by atoms with van der Waals surface area (Å²) in [7, 11) is 3.68. The molecule has 0 radical (unpaired) electrons. The van der Waals surface area contributed by atoms with Crippen molar-refractivity contribution in [1.82, 2.24) is 4.90 Å². The molecule has 1 heterocycles. The van der Waals surface area contributed by atoms with Crippen LogP contribution in [0.5, 0.6) is 0 Å². The van der Waals surface area contributed by atoms with Crippen LogP contribution in [0.2, 0.25) is 0 Å². The van der Waals surface area contributed by atoms with Crippen LogP contribution in [0.1, 0.15) is 53.9 Å². The smallest absolute Gasteiger partial charge is 0.124 e. The van der Waals surface area contributed by atoms with Crippen molar-refractivity contribution in [2.45, 2.75) is 53.9 Å². The van der Waals surface area contributed by atoms with Crippen molar-refractivity contribution in [3.63, 3.8) is 0 Å². The minimum Gasteiger partial charge on any atom is -0.496 e. The fourth-order valence-electron chi connectivity index (χ4n) is 4.18. The Morgan fingerprint density at radius 2 is 2.08 bits per heavy atom. The summed E-state index contributed by atoms with van der Waals surface area (Å²) in [4.78, 5) is 7.27. The molecule has 140 valence electrons. The Morgan fingerprint density at radius 1 is 1.36 bits per heavy atom. The summed E-state index contributed by atoms with van der Waals surface area (Å²) in [6, 6.07) is 0. The average Bonchev–Trinajstić information content (AvgIpc) is 2.54. The van der Waals surface area contributed by atoms with Gasteiger partial charge in [-0.15, -0.1) is 0 Å². The lowest BCUT2D eigenvalue weighted by Crippen LogP contribution is -2.41. The lowest BCUT2D eigenvalue weighted by molar-refractivity contribution is 0.127. The van der Waals surface area contributed by atoms with E-state index in [9.17, 15) is 0 Å². The first kappa shape index (κ1) is 20.0. The van der Waals surface area contributed by atoms with Gasteiger partial charge in [-0.1, -0.05) is 40.7 Å². The molecular weight excluding hydrogens is 308 g/mol. The van der Waals surface area contributed by atoms with Crippen molar-refractivity contribution in [1.29, 1.82) is 0 Å². The van der Waals surface area contributed by atoms with E-state index in [1.807, 2.05) is 7.05 Å². The zero-order chi connectivity index (χ0) is 18.6. The number of hydrogen-bond donors (Lipinski definition) is 0. The highest BCUT2D eigenvalue weighted by Gasteiger charge is 2.30. The molecule has 0 atom stereocenters. The molecule has 0 saturated carbocycles. The molecule has 25 heavy (non-hydrogen) atoms. The SMILES string of the molecule is CC/C=C1/C(CN2CCCC(C)(C)C2)=CC(OC)=C(C(C)C)C1=NC. The average molecular weight is 345 g/mol. The van der Waals surface area contributed by atoms with Gasteiger partial charge in [0.15, 0.2) is 0 Å². The second-order valence-electron chi connectivity index (χ2n) is 8.38. The molecule has 0 aromatic rings. The van der Waals surface area contributed by atoms with Gasteiger partial charge in [-0.25, -0.2) is 0 Å². The van der Waals surface area contributed by atoms with Crippen molar-refractivity contribution < 1.29 is 4.74 Å². The van der Waals surface area contributed by atoms with Gasteiger partial charge >= 0.3 is 0 Å². The van der Waals surface area contributed by atoms with E-state index in [0.717, 1.165) is 31.0 Å². The predicted octanol–water partition coefficient (Wildman–Crippen LogP) is 5.01. The normalized spacial score (nSPS) is 25.0. The van der Waals surface area contributed by atoms with Gasteiger partial charge in [-0.2, -0.15) is 0 Å². The zero-order valence-corrected chi connectivity index (χ0v) is 17.3. The van der Waals surface area contributed by atoms with Crippen LogP contribution in [0.25, 0.3) is 0 Å². The van der Waals surface area contributed by atoms with Crippen molar-refractivity contribution in [2.24, 2.45) is 16.3 Å². The van der Waals surface area contributed by atoms with Crippen LogP contribution in [-0.2, 0) is 4.74 Å². The molecule has 0 amide bonds. The zero-order valence-electron chi connectivity index (χ0n) is 17.3. The monoisotopic (exact) mass is 344 g/mol. The van der Waals surface area contributed by atoms with Gasteiger partial charge in [0, 0.05) is 31.3 Å². The second kappa shape index (κ2) is 8.35. The molecule has 1 saturated heterocycles. The number of nitrogens with zero attached hydrogens (tertiary/aromatic N) is 2. The third-order valence-electron chi connectivity index (χ3n) is 5.23. The maximum absolute atomic E-state index is 5.76. The minimum absolute atomic E-state index is 0.389. The van der Waals surface area contributed by atoms with Crippen LogP contribution >= 0.6 is 0 Å². The molecular formula is C22H36N2O. The van der Waals surface area contributed by atoms with Crippen LogP contribution in [-0.4, -0.2) is 44.4 Å². The number of piperidine rings is 1. The van der Waals surface area contributed by atoms with E-state index in [2.05, 4.69) is 56.7 Å². The van der Waals surface area contributed by atoms with Crippen molar-refractivity contribution in [3.8, 4) is 0 Å². The summed E-state index contributed by atoms with van der Waals surface area (Å²) in [6.45, 7) is 14.7. The standard InChI is InChI=1S/C22H36N2O/c1-8-10-18-17(14-24-12-9-11-22(4,5)15-24)13-19(25-7)20(16(2)3)21(18)23-6/h10,13,16H,8-9,11-12,14-15H2,1-7H3/b18-10-,23-21?. The van der Waals surface area contributed by atoms with Gasteiger partial charge in [-0.05, 0) is 48.8 Å². The molecule has 0 bridgehead atoms. The number of aliphatic imine (C=N–C) groups is 1. The summed E-state index contributed by atoms with van der Waals surface area (Å²) >= 11 is 0. The molecule has 1 aliphatic heterocycles. The Morgan fingerprint density at radius 3 is 2.60 bits per heavy atom. The predicted molar refractivity (Wildman–Crippen MR) is 108 cm³/mol. The lowest BCUT2D eigenvalue weighted by Gasteiger charge is -2.39. The van der Waals surface area contributed by atoms with Crippen molar-refractivity contribution >= 4 is 5.71 Å². The van der Waals surface area contributed by atoms with E-state index in [1.54, 1.807) is 7.11 Å². The second-order valence-corrected chi connectivity index (χ2v) is 8.38. The number of hydrogen-bond acceptors (Lipinski definition) is 3. The lowest BCUT2D eigenvalue weighted by atomic mass is 9.81. The molecule has 2 rings (SSSR count). The van der Waals surface area contributed by atoms with E-state index >= 15 is 0 Å². The Hall–Kier alpha value is -1.35. The quantitative estimate of drug-likeness (QED) is 0.700. The van der Waals surface area contributed by atoms with Crippen LogP contribution in [0.15, 0.2) is 39.6 Å². The Balaban J connectivity index is 2.41. The van der Waals surface area contributed by atoms with Crippen LogP contribution in [0, 0.1) is 11.3 Å². The van der Waals surface area contributed by atoms with Crippen molar-refractivity contribution in [2.75, 3.05) is 33.8 Å². The number of likely N-dealkylation sites (tertiary alicyclic amines) is 1. The number of methoxy groups -OCH3 is 1. The van der Waals surface area contributed by atoms with E-state index in [1.165, 1.54) is 36.1 Å². The highest BCUT2D eigenvalue weighted by Crippen LogP contribution is 2.34. The first-order chi connectivity index (χ1) is 11.8. The first-order valence-electron chi connectivity index (χ1n) is 9.72. The summed E-state index contributed by atoms with van der Waals surface area (Å²) in [5.74, 6) is 1.37. The van der Waals surface area contributed by atoms with Crippen LogP contribution < -0.4 is 0 Å². The van der Waals surface area contributed by atoms with Gasteiger partial charge in [0.2, 0.25) is 0 Å². The maximum atomic E-state index is 5.76. The molecule has 1 fully saturated rings. The maximum Gasteiger partial charge on any atom is 0.124 e. The number of rotatable bonds is 5. The third-order valence-corrected chi connectivity index (χ3v) is 5.23. The van der Waals surface area contributed by atoms with E-state index in [0.29, 0.717) is 11.3 Å². The van der Waals surface area contributed by atoms with E-state index in [-0.39, 0.29) is 0 Å². The van der Waals surface area contributed by atoms with Crippen molar-refractivity contribution in [3.05, 3.63) is 34.6 Å². The highest BCUT2D eigenvalue weighted by atomic mass is 16.5. The van der Waals surface area contributed by atoms with Gasteiger partial charge in [0.1, 0.15) is 5.76 Å². The van der Waals surface area contributed by atoms with E-state index < -0.39 is 0 Å². The molecule has 0 aromatic heterocycles. The first-order valence-corrected chi connectivity index (χ1v) is 9.72. The molecule has 0 N–H and O–H groups in total. The molecule has 1 aliphatic carbocycles. The Kier molecular flexibility index (Phi) is 6.67. The topological polar surface area (TPSA) is 24.8 Å². The van der Waals surface area contributed by atoms with E-state index in [4.69, 9.17) is 4.74 Å². The fourth-order valence-corrected chi connectivity index (χ4v) is 4.18. The molecule has 0 spiro atoms. The van der Waals surface area contributed by atoms with Gasteiger partial charge in [0.05, 0.1) is 12.8 Å².